The molecule has 0 radical (unpaired) electrons. The van der Waals surface area contributed by atoms with Gasteiger partial charge in [0.2, 0.25) is 0 Å². The number of para-hydroxylation sites is 1. The van der Waals surface area contributed by atoms with Crippen LogP contribution in [-0.2, 0) is 6.54 Å². The lowest BCUT2D eigenvalue weighted by Gasteiger charge is -2.31. The van der Waals surface area contributed by atoms with Gasteiger partial charge in [-0.25, -0.2) is 4.39 Å². The van der Waals surface area contributed by atoms with Gasteiger partial charge in [0.05, 0.1) is 5.52 Å². The third-order valence-electron chi connectivity index (χ3n) is 6.03. The summed E-state index contributed by atoms with van der Waals surface area (Å²) in [7, 11) is 2.28. The van der Waals surface area contributed by atoms with E-state index in [1.807, 2.05) is 6.07 Å². The van der Waals surface area contributed by atoms with Gasteiger partial charge in [0, 0.05) is 29.7 Å². The number of hydrogen-bond acceptors (Lipinski definition) is 1. The van der Waals surface area contributed by atoms with Crippen LogP contribution in [-0.4, -0.2) is 29.1 Å². The SMILES string of the molecule is CN(CCCn1ccc2cccc(-c3cccc(F)c3)c21)C1CCCCC1. The minimum absolute atomic E-state index is 0.184. The number of aryl methyl sites for hydroxylation is 1. The molecular formula is C24H29FN2. The lowest BCUT2D eigenvalue weighted by Crippen LogP contribution is -2.34. The van der Waals surface area contributed by atoms with Crippen molar-refractivity contribution < 1.29 is 4.39 Å². The van der Waals surface area contributed by atoms with Crippen LogP contribution in [0.2, 0.25) is 0 Å². The quantitative estimate of drug-likeness (QED) is 0.513. The van der Waals surface area contributed by atoms with Crippen molar-refractivity contribution in [1.82, 2.24) is 9.47 Å². The topological polar surface area (TPSA) is 8.17 Å². The molecule has 0 bridgehead atoms. The van der Waals surface area contributed by atoms with E-state index in [9.17, 15) is 4.39 Å². The number of fused-ring (bicyclic) bond motifs is 1. The maximum absolute atomic E-state index is 13.7. The fraction of sp³-hybridized carbons (Fsp3) is 0.417. The van der Waals surface area contributed by atoms with Gasteiger partial charge in [-0.1, -0.05) is 49.6 Å². The van der Waals surface area contributed by atoms with Crippen LogP contribution < -0.4 is 0 Å². The van der Waals surface area contributed by atoms with Crippen molar-refractivity contribution in [3.63, 3.8) is 0 Å². The highest BCUT2D eigenvalue weighted by Gasteiger charge is 2.17. The molecule has 1 heterocycles. The molecule has 3 heteroatoms. The number of rotatable bonds is 6. The van der Waals surface area contributed by atoms with Crippen molar-refractivity contribution in [3.05, 3.63) is 60.5 Å². The molecule has 2 nitrogen and oxygen atoms in total. The van der Waals surface area contributed by atoms with Gasteiger partial charge in [0.25, 0.3) is 0 Å². The molecule has 0 atom stereocenters. The summed E-state index contributed by atoms with van der Waals surface area (Å²) < 4.78 is 16.1. The highest BCUT2D eigenvalue weighted by Crippen LogP contribution is 2.30. The average molecular weight is 365 g/mol. The summed E-state index contributed by atoms with van der Waals surface area (Å²) in [6.45, 7) is 2.12. The number of nitrogens with zero attached hydrogens (tertiary/aromatic N) is 2. The molecule has 0 aliphatic heterocycles. The van der Waals surface area contributed by atoms with Crippen LogP contribution in [0.5, 0.6) is 0 Å². The molecule has 3 aromatic rings. The molecule has 0 amide bonds. The summed E-state index contributed by atoms with van der Waals surface area (Å²) in [6.07, 6.45) is 10.2. The van der Waals surface area contributed by atoms with Gasteiger partial charge in [-0.2, -0.15) is 0 Å². The maximum atomic E-state index is 13.7. The Balaban J connectivity index is 1.51. The van der Waals surface area contributed by atoms with Crippen molar-refractivity contribution in [2.24, 2.45) is 0 Å². The van der Waals surface area contributed by atoms with E-state index >= 15 is 0 Å². The van der Waals surface area contributed by atoms with Gasteiger partial charge in [-0.3, -0.25) is 0 Å². The van der Waals surface area contributed by atoms with Gasteiger partial charge in [0.15, 0.2) is 0 Å². The van der Waals surface area contributed by atoms with Crippen molar-refractivity contribution in [2.45, 2.75) is 51.1 Å². The van der Waals surface area contributed by atoms with Crippen molar-refractivity contribution in [3.8, 4) is 11.1 Å². The van der Waals surface area contributed by atoms with E-state index < -0.39 is 0 Å². The van der Waals surface area contributed by atoms with Gasteiger partial charge in [-0.15, -0.1) is 0 Å². The highest BCUT2D eigenvalue weighted by atomic mass is 19.1. The molecule has 0 unspecified atom stereocenters. The zero-order valence-corrected chi connectivity index (χ0v) is 16.2. The first-order chi connectivity index (χ1) is 13.2. The summed E-state index contributed by atoms with van der Waals surface area (Å²) in [5.74, 6) is -0.184. The molecule has 1 aromatic heterocycles. The normalized spacial score (nSPS) is 15.7. The second-order valence-electron chi connectivity index (χ2n) is 7.89. The third kappa shape index (κ3) is 4.08. The molecule has 2 aromatic carbocycles. The van der Waals surface area contributed by atoms with E-state index in [-0.39, 0.29) is 5.82 Å². The van der Waals surface area contributed by atoms with Crippen molar-refractivity contribution >= 4 is 10.9 Å². The monoisotopic (exact) mass is 364 g/mol. The van der Waals surface area contributed by atoms with Crippen LogP contribution in [0, 0.1) is 5.82 Å². The molecule has 1 aliphatic carbocycles. The molecule has 142 valence electrons. The Hall–Kier alpha value is -2.13. The summed E-state index contributed by atoms with van der Waals surface area (Å²) in [5.41, 5.74) is 3.26. The Morgan fingerprint density at radius 1 is 1.04 bits per heavy atom. The smallest absolute Gasteiger partial charge is 0.123 e. The summed E-state index contributed by atoms with van der Waals surface area (Å²) >= 11 is 0. The second kappa shape index (κ2) is 8.26. The van der Waals surface area contributed by atoms with Gasteiger partial charge < -0.3 is 9.47 Å². The molecule has 0 spiro atoms. The van der Waals surface area contributed by atoms with Crippen LogP contribution in [0.4, 0.5) is 4.39 Å². The molecule has 0 N–H and O–H groups in total. The van der Waals surface area contributed by atoms with Crippen LogP contribution >= 0.6 is 0 Å². The maximum Gasteiger partial charge on any atom is 0.123 e. The van der Waals surface area contributed by atoms with Crippen LogP contribution in [0.15, 0.2) is 54.7 Å². The summed E-state index contributed by atoms with van der Waals surface area (Å²) in [5, 5.41) is 1.22. The standard InChI is InChI=1S/C24H29FN2/c1-26(22-11-3-2-4-12-22)15-7-16-27-17-14-19-8-6-13-23(24(19)27)20-9-5-10-21(25)18-20/h5-6,8-10,13-14,17-18,22H,2-4,7,11-12,15-16H2,1H3. The zero-order chi connectivity index (χ0) is 18.6. The predicted molar refractivity (Wildman–Crippen MR) is 111 cm³/mol. The van der Waals surface area contributed by atoms with E-state index in [1.54, 1.807) is 12.1 Å². The molecule has 27 heavy (non-hydrogen) atoms. The van der Waals surface area contributed by atoms with E-state index in [4.69, 9.17) is 0 Å². The van der Waals surface area contributed by atoms with Gasteiger partial charge in [-0.05, 0) is 56.6 Å². The first-order valence-electron chi connectivity index (χ1n) is 10.3. The van der Waals surface area contributed by atoms with Gasteiger partial charge >= 0.3 is 0 Å². The molecule has 1 aliphatic rings. The minimum atomic E-state index is -0.184. The Morgan fingerprint density at radius 3 is 2.67 bits per heavy atom. The van der Waals surface area contributed by atoms with Crippen molar-refractivity contribution in [2.75, 3.05) is 13.6 Å². The fourth-order valence-electron chi connectivity index (χ4n) is 4.53. The van der Waals surface area contributed by atoms with E-state index in [0.29, 0.717) is 0 Å². The number of aromatic nitrogens is 1. The molecule has 1 saturated carbocycles. The Bertz CT molecular complexity index is 892. The molecule has 1 fully saturated rings. The number of halogens is 1. The first kappa shape index (κ1) is 18.2. The predicted octanol–water partition coefficient (Wildman–Crippen LogP) is 6.10. The lowest BCUT2D eigenvalue weighted by atomic mass is 9.94. The fourth-order valence-corrected chi connectivity index (χ4v) is 4.53. The van der Waals surface area contributed by atoms with E-state index in [1.165, 1.54) is 49.1 Å². The van der Waals surface area contributed by atoms with E-state index in [0.717, 1.165) is 36.7 Å². The van der Waals surface area contributed by atoms with E-state index in [2.05, 4.69) is 47.0 Å². The first-order valence-corrected chi connectivity index (χ1v) is 10.3. The van der Waals surface area contributed by atoms with Gasteiger partial charge in [0.1, 0.15) is 5.82 Å². The minimum Gasteiger partial charge on any atom is -0.347 e. The van der Waals surface area contributed by atoms with Crippen LogP contribution in [0.3, 0.4) is 0 Å². The lowest BCUT2D eigenvalue weighted by molar-refractivity contribution is 0.188. The Labute approximate surface area is 161 Å². The molecular weight excluding hydrogens is 335 g/mol. The Kier molecular flexibility index (Phi) is 5.58. The van der Waals surface area contributed by atoms with Crippen LogP contribution in [0.25, 0.3) is 22.0 Å². The average Bonchev–Trinajstić information content (AvgIpc) is 3.12. The van der Waals surface area contributed by atoms with Crippen LogP contribution in [0.1, 0.15) is 38.5 Å². The second-order valence-corrected chi connectivity index (χ2v) is 7.89. The summed E-state index contributed by atoms with van der Waals surface area (Å²) in [4.78, 5) is 2.55. The zero-order valence-electron chi connectivity index (χ0n) is 16.2. The highest BCUT2D eigenvalue weighted by molar-refractivity contribution is 5.94. The Morgan fingerprint density at radius 2 is 1.85 bits per heavy atom. The van der Waals surface area contributed by atoms with Crippen molar-refractivity contribution in [1.29, 1.82) is 0 Å². The molecule has 4 rings (SSSR count). The molecule has 0 saturated heterocycles. The number of benzene rings is 2. The number of hydrogen-bond donors (Lipinski definition) is 0. The third-order valence-corrected chi connectivity index (χ3v) is 6.03. The largest absolute Gasteiger partial charge is 0.347 e. The summed E-state index contributed by atoms with van der Waals surface area (Å²) in [6, 6.07) is 16.1.